The molecule has 4 nitrogen and oxygen atoms in total. The second kappa shape index (κ2) is 4.57. The van der Waals surface area contributed by atoms with Gasteiger partial charge in [-0.15, -0.1) is 0 Å². The lowest BCUT2D eigenvalue weighted by Gasteiger charge is -2.03. The van der Waals surface area contributed by atoms with Crippen molar-refractivity contribution < 1.29 is 9.90 Å². The quantitative estimate of drug-likeness (QED) is 0.631. The van der Waals surface area contributed by atoms with E-state index in [1.807, 2.05) is 0 Å². The predicted molar refractivity (Wildman–Crippen MR) is 57.2 cm³/mol. The highest BCUT2D eigenvalue weighted by Gasteiger charge is 2.04. The van der Waals surface area contributed by atoms with Gasteiger partial charge in [-0.25, -0.2) is 0 Å². The number of hydrogen-bond acceptors (Lipinski definition) is 3. The molecule has 0 aliphatic heterocycles. The van der Waals surface area contributed by atoms with Crippen molar-refractivity contribution in [1.29, 1.82) is 0 Å². The summed E-state index contributed by atoms with van der Waals surface area (Å²) < 4.78 is 0. The zero-order chi connectivity index (χ0) is 10.6. The van der Waals surface area contributed by atoms with Gasteiger partial charge in [-0.1, -0.05) is 12.2 Å². The topological polar surface area (TPSA) is 75.3 Å². The number of carbonyl (C=O) groups is 1. The van der Waals surface area contributed by atoms with Gasteiger partial charge in [0.05, 0.1) is 11.5 Å². The van der Waals surface area contributed by atoms with E-state index in [1.165, 1.54) is 24.3 Å². The van der Waals surface area contributed by atoms with E-state index in [0.717, 1.165) is 0 Å². The smallest absolute Gasteiger partial charge is 0.251 e. The van der Waals surface area contributed by atoms with Crippen molar-refractivity contribution in [2.24, 2.45) is 5.73 Å². The fourth-order valence-corrected chi connectivity index (χ4v) is 0.954. The Kier molecular flexibility index (Phi) is 3.41. The van der Waals surface area contributed by atoms with Crippen molar-refractivity contribution in [3.05, 3.63) is 29.8 Å². The van der Waals surface area contributed by atoms with Crippen molar-refractivity contribution >= 4 is 23.1 Å². The van der Waals surface area contributed by atoms with Gasteiger partial charge in [0.2, 0.25) is 0 Å². The molecule has 0 heterocycles. The largest absolute Gasteiger partial charge is 0.508 e. The standard InChI is InChI=1S/C9H10N2O2S/c10-8(14)5-11-9(13)6-1-3-7(12)4-2-6/h1-4,12H,5H2,(H2,10,14)(H,11,13). The van der Waals surface area contributed by atoms with Gasteiger partial charge in [-0.05, 0) is 24.3 Å². The first kappa shape index (κ1) is 10.5. The van der Waals surface area contributed by atoms with Crippen molar-refractivity contribution in [2.75, 3.05) is 6.54 Å². The molecule has 0 aromatic heterocycles. The molecule has 74 valence electrons. The van der Waals surface area contributed by atoms with E-state index in [9.17, 15) is 4.79 Å². The molecular weight excluding hydrogens is 200 g/mol. The third-order valence-electron chi connectivity index (χ3n) is 1.55. The summed E-state index contributed by atoms with van der Waals surface area (Å²) in [4.78, 5) is 11.6. The van der Waals surface area contributed by atoms with Gasteiger partial charge >= 0.3 is 0 Å². The summed E-state index contributed by atoms with van der Waals surface area (Å²) in [5.41, 5.74) is 5.68. The number of benzene rings is 1. The van der Waals surface area contributed by atoms with Gasteiger partial charge in [-0.3, -0.25) is 4.79 Å². The number of amides is 1. The minimum atomic E-state index is -0.266. The Balaban J connectivity index is 2.61. The Labute approximate surface area is 86.7 Å². The SMILES string of the molecule is NC(=S)CNC(=O)c1ccc(O)cc1. The molecular formula is C9H10N2O2S. The predicted octanol–water partition coefficient (Wildman–Crippen LogP) is 0.408. The number of rotatable bonds is 3. The number of nitrogens with two attached hydrogens (primary N) is 1. The molecule has 14 heavy (non-hydrogen) atoms. The second-order valence-electron chi connectivity index (χ2n) is 2.70. The van der Waals surface area contributed by atoms with Gasteiger partial charge in [0.25, 0.3) is 5.91 Å². The van der Waals surface area contributed by atoms with Gasteiger partial charge in [0.1, 0.15) is 5.75 Å². The van der Waals surface area contributed by atoms with Crippen LogP contribution in [0.5, 0.6) is 5.75 Å². The Bertz CT molecular complexity index is 348. The average molecular weight is 210 g/mol. The molecule has 0 saturated heterocycles. The van der Waals surface area contributed by atoms with Crippen LogP contribution in [0, 0.1) is 0 Å². The normalized spacial score (nSPS) is 9.43. The highest BCUT2D eigenvalue weighted by atomic mass is 32.1. The van der Waals surface area contributed by atoms with E-state index in [4.69, 9.17) is 10.8 Å². The van der Waals surface area contributed by atoms with Gasteiger partial charge in [0, 0.05) is 5.56 Å². The summed E-state index contributed by atoms with van der Waals surface area (Å²) in [6.45, 7) is 0.176. The molecule has 0 aliphatic rings. The van der Waals surface area contributed by atoms with Crippen LogP contribution in [-0.2, 0) is 0 Å². The first-order valence-corrected chi connectivity index (χ1v) is 4.36. The highest BCUT2D eigenvalue weighted by Crippen LogP contribution is 2.08. The number of nitrogens with one attached hydrogen (secondary N) is 1. The monoisotopic (exact) mass is 210 g/mol. The Morgan fingerprint density at radius 3 is 2.50 bits per heavy atom. The van der Waals surface area contributed by atoms with Crippen molar-refractivity contribution in [3.63, 3.8) is 0 Å². The summed E-state index contributed by atoms with van der Waals surface area (Å²) in [5.74, 6) is -0.145. The molecule has 0 spiro atoms. The van der Waals surface area contributed by atoms with E-state index in [0.29, 0.717) is 5.56 Å². The zero-order valence-corrected chi connectivity index (χ0v) is 8.17. The molecule has 1 rings (SSSR count). The van der Waals surface area contributed by atoms with Gasteiger partial charge in [0.15, 0.2) is 0 Å². The number of phenols is 1. The average Bonchev–Trinajstić information content (AvgIpc) is 2.15. The molecule has 1 aromatic carbocycles. The second-order valence-corrected chi connectivity index (χ2v) is 3.22. The molecule has 0 aliphatic carbocycles. The molecule has 5 heteroatoms. The fourth-order valence-electron chi connectivity index (χ4n) is 0.882. The number of phenolic OH excluding ortho intramolecular Hbond substituents is 1. The lowest BCUT2D eigenvalue weighted by atomic mass is 10.2. The Morgan fingerprint density at radius 1 is 1.43 bits per heavy atom. The number of aromatic hydroxyl groups is 1. The molecule has 0 radical (unpaired) electrons. The zero-order valence-electron chi connectivity index (χ0n) is 7.36. The molecule has 0 unspecified atom stereocenters. The van der Waals surface area contributed by atoms with Crippen LogP contribution in [0.15, 0.2) is 24.3 Å². The maximum Gasteiger partial charge on any atom is 0.251 e. The van der Waals surface area contributed by atoms with Crippen LogP contribution in [0.1, 0.15) is 10.4 Å². The fraction of sp³-hybridized carbons (Fsp3) is 0.111. The molecule has 0 fully saturated rings. The molecule has 1 amide bonds. The van der Waals surface area contributed by atoms with E-state index in [-0.39, 0.29) is 23.2 Å². The minimum Gasteiger partial charge on any atom is -0.508 e. The van der Waals surface area contributed by atoms with Crippen molar-refractivity contribution in [1.82, 2.24) is 5.32 Å². The summed E-state index contributed by atoms with van der Waals surface area (Å²) >= 11 is 4.61. The Morgan fingerprint density at radius 2 is 2.00 bits per heavy atom. The van der Waals surface area contributed by atoms with Crippen LogP contribution in [-0.4, -0.2) is 22.5 Å². The maximum absolute atomic E-state index is 11.4. The summed E-state index contributed by atoms with van der Waals surface area (Å²) in [7, 11) is 0. The van der Waals surface area contributed by atoms with E-state index < -0.39 is 0 Å². The summed E-state index contributed by atoms with van der Waals surface area (Å²) in [6, 6.07) is 5.92. The molecule has 1 aromatic rings. The van der Waals surface area contributed by atoms with Crippen molar-refractivity contribution in [3.8, 4) is 5.75 Å². The maximum atomic E-state index is 11.4. The van der Waals surface area contributed by atoms with Crippen LogP contribution in [0.3, 0.4) is 0 Å². The van der Waals surface area contributed by atoms with Gasteiger partial charge < -0.3 is 16.2 Å². The van der Waals surface area contributed by atoms with Crippen LogP contribution >= 0.6 is 12.2 Å². The third-order valence-corrected chi connectivity index (χ3v) is 1.70. The van der Waals surface area contributed by atoms with Gasteiger partial charge in [-0.2, -0.15) is 0 Å². The van der Waals surface area contributed by atoms with Crippen LogP contribution in [0.4, 0.5) is 0 Å². The summed E-state index contributed by atoms with van der Waals surface area (Å²) in [6.07, 6.45) is 0. The molecule has 0 saturated carbocycles. The lowest BCUT2D eigenvalue weighted by molar-refractivity contribution is 0.0959. The summed E-state index contributed by atoms with van der Waals surface area (Å²) in [5, 5.41) is 11.5. The number of carbonyl (C=O) groups excluding carboxylic acids is 1. The van der Waals surface area contributed by atoms with Crippen LogP contribution in [0.25, 0.3) is 0 Å². The third kappa shape index (κ3) is 3.02. The molecule has 0 bridgehead atoms. The van der Waals surface area contributed by atoms with Crippen LogP contribution in [0.2, 0.25) is 0 Å². The molecule has 4 N–H and O–H groups in total. The first-order valence-electron chi connectivity index (χ1n) is 3.95. The highest BCUT2D eigenvalue weighted by molar-refractivity contribution is 7.80. The van der Waals surface area contributed by atoms with E-state index in [2.05, 4.69) is 17.5 Å². The van der Waals surface area contributed by atoms with E-state index >= 15 is 0 Å². The minimum absolute atomic E-state index is 0.121. The molecule has 0 atom stereocenters. The van der Waals surface area contributed by atoms with Crippen LogP contribution < -0.4 is 11.1 Å². The number of thiocarbonyl (C=S) groups is 1. The first-order chi connectivity index (χ1) is 6.59. The van der Waals surface area contributed by atoms with Crippen molar-refractivity contribution in [2.45, 2.75) is 0 Å². The van der Waals surface area contributed by atoms with E-state index in [1.54, 1.807) is 0 Å². The Hall–Kier alpha value is -1.62. The number of hydrogen-bond donors (Lipinski definition) is 3. The lowest BCUT2D eigenvalue weighted by Crippen LogP contribution is -2.32.